The van der Waals surface area contributed by atoms with Gasteiger partial charge in [0.15, 0.2) is 0 Å². The van der Waals surface area contributed by atoms with Crippen LogP contribution in [0, 0.1) is 5.82 Å². The third-order valence-electron chi connectivity index (χ3n) is 1.79. The molecular formula is C8H5FN4O2. The number of rotatable bonds is 2. The molecule has 0 bridgehead atoms. The Morgan fingerprint density at radius 1 is 1.47 bits per heavy atom. The van der Waals surface area contributed by atoms with Crippen LogP contribution in [0.5, 0.6) is 0 Å². The van der Waals surface area contributed by atoms with Gasteiger partial charge in [0.2, 0.25) is 0 Å². The molecule has 0 radical (unpaired) electrons. The number of carbonyl (C=O) groups is 1. The van der Waals surface area contributed by atoms with Crippen LogP contribution >= 0.6 is 0 Å². The molecule has 2 rings (SSSR count). The van der Waals surface area contributed by atoms with E-state index in [1.165, 1.54) is 17.1 Å². The molecule has 0 fully saturated rings. The first kappa shape index (κ1) is 9.25. The van der Waals surface area contributed by atoms with Gasteiger partial charge in [-0.3, -0.25) is 0 Å². The third kappa shape index (κ3) is 1.66. The van der Waals surface area contributed by atoms with Crippen molar-refractivity contribution < 1.29 is 14.3 Å². The Kier molecular flexibility index (Phi) is 2.13. The highest BCUT2D eigenvalue weighted by molar-refractivity contribution is 5.88. The second-order valence-electron chi connectivity index (χ2n) is 2.72. The number of benzene rings is 1. The van der Waals surface area contributed by atoms with E-state index in [-0.39, 0.29) is 0 Å². The zero-order chi connectivity index (χ0) is 10.8. The van der Waals surface area contributed by atoms with Gasteiger partial charge in [-0.05, 0) is 28.6 Å². The number of tetrazole rings is 1. The lowest BCUT2D eigenvalue weighted by Gasteiger charge is -2.01. The van der Waals surface area contributed by atoms with Gasteiger partial charge >= 0.3 is 5.97 Å². The van der Waals surface area contributed by atoms with Gasteiger partial charge in [-0.15, -0.1) is 5.10 Å². The molecule has 1 aromatic heterocycles. The standard InChI is InChI=1S/C8H5FN4O2/c9-7-2-1-5(3-6(7)8(14)15)13-4-10-11-12-13/h1-4H,(H,14,15). The van der Waals surface area contributed by atoms with Gasteiger partial charge in [0, 0.05) is 0 Å². The number of carboxylic acids is 1. The topological polar surface area (TPSA) is 80.9 Å². The van der Waals surface area contributed by atoms with E-state index < -0.39 is 17.3 Å². The van der Waals surface area contributed by atoms with Gasteiger partial charge in [0.05, 0.1) is 11.3 Å². The Hall–Kier alpha value is -2.31. The van der Waals surface area contributed by atoms with E-state index in [9.17, 15) is 9.18 Å². The summed E-state index contributed by atoms with van der Waals surface area (Å²) in [6, 6.07) is 3.60. The number of halogens is 1. The van der Waals surface area contributed by atoms with Crippen molar-refractivity contribution >= 4 is 5.97 Å². The molecular weight excluding hydrogens is 203 g/mol. The predicted molar refractivity (Wildman–Crippen MR) is 46.1 cm³/mol. The average molecular weight is 208 g/mol. The zero-order valence-corrected chi connectivity index (χ0v) is 7.33. The Balaban J connectivity index is 2.52. The molecule has 0 aliphatic heterocycles. The molecule has 0 spiro atoms. The lowest BCUT2D eigenvalue weighted by Crippen LogP contribution is -2.03. The van der Waals surface area contributed by atoms with Gasteiger partial charge < -0.3 is 5.11 Å². The van der Waals surface area contributed by atoms with Crippen LogP contribution in [0.1, 0.15) is 10.4 Å². The normalized spacial score (nSPS) is 10.2. The molecule has 0 amide bonds. The molecule has 1 N–H and O–H groups in total. The molecule has 0 unspecified atom stereocenters. The van der Waals surface area contributed by atoms with E-state index in [4.69, 9.17) is 5.11 Å². The van der Waals surface area contributed by atoms with Crippen LogP contribution in [0.25, 0.3) is 5.69 Å². The van der Waals surface area contributed by atoms with Crippen LogP contribution in [-0.2, 0) is 0 Å². The van der Waals surface area contributed by atoms with E-state index in [1.807, 2.05) is 0 Å². The molecule has 2 aromatic rings. The molecule has 1 heterocycles. The van der Waals surface area contributed by atoms with Crippen molar-refractivity contribution in [1.82, 2.24) is 20.2 Å². The lowest BCUT2D eigenvalue weighted by atomic mass is 10.2. The number of hydrogen-bond acceptors (Lipinski definition) is 4. The van der Waals surface area contributed by atoms with E-state index >= 15 is 0 Å². The van der Waals surface area contributed by atoms with Gasteiger partial charge in [-0.25, -0.2) is 13.9 Å². The van der Waals surface area contributed by atoms with Crippen molar-refractivity contribution in [3.8, 4) is 5.69 Å². The zero-order valence-electron chi connectivity index (χ0n) is 7.33. The first-order valence-corrected chi connectivity index (χ1v) is 3.94. The SMILES string of the molecule is O=C(O)c1cc(-n2cnnn2)ccc1F. The van der Waals surface area contributed by atoms with Crippen molar-refractivity contribution in [2.45, 2.75) is 0 Å². The molecule has 1 aromatic carbocycles. The highest BCUT2D eigenvalue weighted by Crippen LogP contribution is 2.12. The summed E-state index contributed by atoms with van der Waals surface area (Å²) in [5, 5.41) is 19.0. The summed E-state index contributed by atoms with van der Waals surface area (Å²) in [6.45, 7) is 0. The first-order valence-electron chi connectivity index (χ1n) is 3.94. The molecule has 0 saturated heterocycles. The van der Waals surface area contributed by atoms with E-state index in [0.717, 1.165) is 12.1 Å². The third-order valence-corrected chi connectivity index (χ3v) is 1.79. The van der Waals surface area contributed by atoms with Crippen LogP contribution in [-0.4, -0.2) is 31.3 Å². The van der Waals surface area contributed by atoms with E-state index in [0.29, 0.717) is 5.69 Å². The highest BCUT2D eigenvalue weighted by atomic mass is 19.1. The van der Waals surface area contributed by atoms with Gasteiger partial charge in [0.25, 0.3) is 0 Å². The summed E-state index contributed by atoms with van der Waals surface area (Å²) in [6.07, 6.45) is 1.29. The molecule has 76 valence electrons. The van der Waals surface area contributed by atoms with Crippen LogP contribution in [0.4, 0.5) is 4.39 Å². The molecule has 6 nitrogen and oxygen atoms in total. The Labute approximate surface area is 83.0 Å². The first-order chi connectivity index (χ1) is 7.18. The molecule has 15 heavy (non-hydrogen) atoms. The highest BCUT2D eigenvalue weighted by Gasteiger charge is 2.11. The number of aromatic carboxylic acids is 1. The van der Waals surface area contributed by atoms with Crippen molar-refractivity contribution in [3.63, 3.8) is 0 Å². The summed E-state index contributed by atoms with van der Waals surface area (Å²) >= 11 is 0. The molecule has 0 aliphatic rings. The molecule has 0 aliphatic carbocycles. The fourth-order valence-electron chi connectivity index (χ4n) is 1.10. The van der Waals surface area contributed by atoms with Crippen molar-refractivity contribution in [1.29, 1.82) is 0 Å². The summed E-state index contributed by atoms with van der Waals surface area (Å²) in [4.78, 5) is 10.6. The van der Waals surface area contributed by atoms with Crippen LogP contribution in [0.2, 0.25) is 0 Å². The van der Waals surface area contributed by atoms with E-state index in [2.05, 4.69) is 15.5 Å². The van der Waals surface area contributed by atoms with E-state index in [1.54, 1.807) is 0 Å². The second kappa shape index (κ2) is 3.45. The fraction of sp³-hybridized carbons (Fsp3) is 0. The van der Waals surface area contributed by atoms with Gasteiger partial charge in [-0.1, -0.05) is 0 Å². The minimum atomic E-state index is -1.33. The number of nitrogens with zero attached hydrogens (tertiary/aromatic N) is 4. The smallest absolute Gasteiger partial charge is 0.338 e. The Morgan fingerprint density at radius 3 is 2.87 bits per heavy atom. The van der Waals surface area contributed by atoms with Gasteiger partial charge in [-0.2, -0.15) is 0 Å². The molecule has 7 heteroatoms. The fourth-order valence-corrected chi connectivity index (χ4v) is 1.10. The average Bonchev–Trinajstić information content (AvgIpc) is 2.71. The largest absolute Gasteiger partial charge is 0.478 e. The van der Waals surface area contributed by atoms with Crippen molar-refractivity contribution in [2.75, 3.05) is 0 Å². The molecule has 0 atom stereocenters. The van der Waals surface area contributed by atoms with Crippen LogP contribution in [0.15, 0.2) is 24.5 Å². The van der Waals surface area contributed by atoms with Crippen LogP contribution < -0.4 is 0 Å². The number of hydrogen-bond donors (Lipinski definition) is 1. The maximum Gasteiger partial charge on any atom is 0.338 e. The quantitative estimate of drug-likeness (QED) is 0.777. The van der Waals surface area contributed by atoms with Crippen LogP contribution in [0.3, 0.4) is 0 Å². The summed E-state index contributed by atoms with van der Waals surface area (Å²) in [5.41, 5.74) is -0.0261. The van der Waals surface area contributed by atoms with Gasteiger partial charge in [0.1, 0.15) is 12.1 Å². The lowest BCUT2D eigenvalue weighted by molar-refractivity contribution is 0.0692. The summed E-state index contributed by atoms with van der Waals surface area (Å²) in [5.74, 6) is -2.12. The summed E-state index contributed by atoms with van der Waals surface area (Å²) in [7, 11) is 0. The maximum atomic E-state index is 13.0. The monoisotopic (exact) mass is 208 g/mol. The Bertz CT molecular complexity index is 497. The minimum absolute atomic E-state index is 0.388. The minimum Gasteiger partial charge on any atom is -0.478 e. The number of aromatic nitrogens is 4. The molecule has 0 saturated carbocycles. The maximum absolute atomic E-state index is 13.0. The second-order valence-corrected chi connectivity index (χ2v) is 2.72. The van der Waals surface area contributed by atoms with Crippen molar-refractivity contribution in [3.05, 3.63) is 35.9 Å². The van der Waals surface area contributed by atoms with Crippen molar-refractivity contribution in [2.24, 2.45) is 0 Å². The number of carboxylic acid groups (broad SMARTS) is 1. The Morgan fingerprint density at radius 2 is 2.27 bits per heavy atom. The summed E-state index contributed by atoms with van der Waals surface area (Å²) < 4.78 is 14.3. The predicted octanol–water partition coefficient (Wildman–Crippen LogP) is 0.500.